The second-order valence-electron chi connectivity index (χ2n) is 5.84. The lowest BCUT2D eigenvalue weighted by Crippen LogP contribution is -2.43. The number of nitrogens with zero attached hydrogens (tertiary/aromatic N) is 3. The van der Waals surface area contributed by atoms with Crippen molar-refractivity contribution in [2.75, 3.05) is 46.3 Å². The summed E-state index contributed by atoms with van der Waals surface area (Å²) < 4.78 is 0. The van der Waals surface area contributed by atoms with Crippen LogP contribution in [0.25, 0.3) is 0 Å². The lowest BCUT2D eigenvalue weighted by Gasteiger charge is -2.24. The highest BCUT2D eigenvalue weighted by atomic mass is 15.3. The van der Waals surface area contributed by atoms with Crippen molar-refractivity contribution in [1.82, 2.24) is 15.1 Å². The van der Waals surface area contributed by atoms with Gasteiger partial charge in [-0.25, -0.2) is 0 Å². The summed E-state index contributed by atoms with van der Waals surface area (Å²) in [6.07, 6.45) is 1.21. The van der Waals surface area contributed by atoms with Crippen molar-refractivity contribution in [1.29, 1.82) is 0 Å². The van der Waals surface area contributed by atoms with Gasteiger partial charge >= 0.3 is 0 Å². The number of rotatable bonds is 6. The smallest absolute Gasteiger partial charge is 0.193 e. The number of guanidine groups is 1. The Morgan fingerprint density at radius 1 is 1.27 bits per heavy atom. The van der Waals surface area contributed by atoms with Gasteiger partial charge < -0.3 is 15.1 Å². The normalized spacial score (nSPS) is 19.0. The van der Waals surface area contributed by atoms with E-state index in [9.17, 15) is 0 Å². The van der Waals surface area contributed by atoms with Crippen molar-refractivity contribution in [2.45, 2.75) is 26.2 Å². The molecule has 1 aromatic carbocycles. The number of likely N-dealkylation sites (tertiary alicyclic amines) is 1. The summed E-state index contributed by atoms with van der Waals surface area (Å²) in [7, 11) is 1.88. The molecule has 1 heterocycles. The number of aliphatic imine (C=N–C) groups is 1. The van der Waals surface area contributed by atoms with Gasteiger partial charge in [-0.15, -0.1) is 0 Å². The monoisotopic (exact) mass is 302 g/mol. The first-order valence-electron chi connectivity index (χ1n) is 8.51. The quantitative estimate of drug-likeness (QED) is 0.646. The van der Waals surface area contributed by atoms with E-state index in [0.29, 0.717) is 5.92 Å². The molecule has 1 N–H and O–H groups in total. The zero-order valence-corrected chi connectivity index (χ0v) is 14.3. The van der Waals surface area contributed by atoms with Gasteiger partial charge in [0.05, 0.1) is 0 Å². The molecule has 4 nitrogen and oxygen atoms in total. The molecule has 0 aliphatic carbocycles. The summed E-state index contributed by atoms with van der Waals surface area (Å²) in [5.74, 6) is 1.67. The molecule has 2 rings (SSSR count). The van der Waals surface area contributed by atoms with Crippen LogP contribution >= 0.6 is 0 Å². The number of hydrogen-bond acceptors (Lipinski definition) is 2. The summed E-state index contributed by atoms with van der Waals surface area (Å²) in [5, 5.41) is 3.52. The average Bonchev–Trinajstić information content (AvgIpc) is 3.06. The van der Waals surface area contributed by atoms with Crippen LogP contribution in [-0.2, 0) is 0 Å². The Bertz CT molecular complexity index is 453. The minimum absolute atomic E-state index is 0.627. The molecule has 1 aliphatic rings. The largest absolute Gasteiger partial charge is 0.355 e. The van der Waals surface area contributed by atoms with Gasteiger partial charge in [0.1, 0.15) is 0 Å². The molecule has 0 spiro atoms. The Labute approximate surface area is 135 Å². The van der Waals surface area contributed by atoms with Crippen LogP contribution in [0.2, 0.25) is 0 Å². The lowest BCUT2D eigenvalue weighted by molar-refractivity contribution is 0.306. The van der Waals surface area contributed by atoms with Crippen LogP contribution in [0.3, 0.4) is 0 Å². The van der Waals surface area contributed by atoms with Crippen molar-refractivity contribution in [3.05, 3.63) is 35.9 Å². The Kier molecular flexibility index (Phi) is 6.72. The highest BCUT2D eigenvalue weighted by Crippen LogP contribution is 2.26. The van der Waals surface area contributed by atoms with E-state index in [1.807, 2.05) is 7.05 Å². The van der Waals surface area contributed by atoms with Crippen LogP contribution in [0.1, 0.15) is 31.7 Å². The lowest BCUT2D eigenvalue weighted by atomic mass is 9.99. The van der Waals surface area contributed by atoms with Gasteiger partial charge in [0.15, 0.2) is 5.96 Å². The Hall–Kier alpha value is -1.55. The molecule has 1 atom stereocenters. The summed E-state index contributed by atoms with van der Waals surface area (Å²) in [5.41, 5.74) is 1.45. The van der Waals surface area contributed by atoms with E-state index >= 15 is 0 Å². The Morgan fingerprint density at radius 3 is 2.64 bits per heavy atom. The fraction of sp³-hybridized carbons (Fsp3) is 0.611. The van der Waals surface area contributed by atoms with Crippen molar-refractivity contribution in [3.8, 4) is 0 Å². The third kappa shape index (κ3) is 4.47. The first-order valence-corrected chi connectivity index (χ1v) is 8.51. The molecule has 1 aromatic rings. The topological polar surface area (TPSA) is 30.9 Å². The zero-order valence-electron chi connectivity index (χ0n) is 14.3. The van der Waals surface area contributed by atoms with Gasteiger partial charge in [-0.2, -0.15) is 0 Å². The first kappa shape index (κ1) is 16.8. The van der Waals surface area contributed by atoms with Gasteiger partial charge in [0.25, 0.3) is 0 Å². The molecule has 4 heteroatoms. The van der Waals surface area contributed by atoms with E-state index < -0.39 is 0 Å². The fourth-order valence-electron chi connectivity index (χ4n) is 3.15. The molecule has 0 saturated carbocycles. The molecule has 122 valence electrons. The standard InChI is InChI=1S/C18H30N4/c1-4-21(5-2)14-12-20-18(19-3)22-13-11-17(15-22)16-9-7-6-8-10-16/h6-10,17H,4-5,11-15H2,1-3H3,(H,19,20). The number of benzene rings is 1. The predicted octanol–water partition coefficient (Wildman–Crippen LogP) is 2.39. The number of likely N-dealkylation sites (N-methyl/N-ethyl adjacent to an activating group) is 1. The summed E-state index contributed by atoms with van der Waals surface area (Å²) in [4.78, 5) is 9.28. The van der Waals surface area contributed by atoms with Crippen LogP contribution < -0.4 is 5.32 Å². The highest BCUT2D eigenvalue weighted by molar-refractivity contribution is 5.80. The summed E-state index contributed by atoms with van der Waals surface area (Å²) in [6, 6.07) is 10.8. The van der Waals surface area contributed by atoms with Crippen molar-refractivity contribution in [2.24, 2.45) is 4.99 Å². The van der Waals surface area contributed by atoms with Crippen molar-refractivity contribution in [3.63, 3.8) is 0 Å². The van der Waals surface area contributed by atoms with Crippen molar-refractivity contribution >= 4 is 5.96 Å². The van der Waals surface area contributed by atoms with Crippen LogP contribution in [0.15, 0.2) is 35.3 Å². The fourth-order valence-corrected chi connectivity index (χ4v) is 3.15. The minimum Gasteiger partial charge on any atom is -0.355 e. The van der Waals surface area contributed by atoms with Crippen LogP contribution in [-0.4, -0.2) is 62.1 Å². The van der Waals surface area contributed by atoms with E-state index in [0.717, 1.165) is 45.2 Å². The molecule has 0 amide bonds. The molecular weight excluding hydrogens is 272 g/mol. The first-order chi connectivity index (χ1) is 10.8. The summed E-state index contributed by atoms with van der Waals surface area (Å²) in [6.45, 7) is 10.8. The zero-order chi connectivity index (χ0) is 15.8. The molecule has 0 radical (unpaired) electrons. The van der Waals surface area contributed by atoms with Gasteiger partial charge in [0, 0.05) is 39.1 Å². The predicted molar refractivity (Wildman–Crippen MR) is 94.5 cm³/mol. The van der Waals surface area contributed by atoms with E-state index in [2.05, 4.69) is 64.3 Å². The van der Waals surface area contributed by atoms with E-state index in [1.165, 1.54) is 12.0 Å². The van der Waals surface area contributed by atoms with Gasteiger partial charge in [-0.05, 0) is 25.1 Å². The van der Waals surface area contributed by atoms with Gasteiger partial charge in [-0.1, -0.05) is 44.2 Å². The van der Waals surface area contributed by atoms with E-state index in [1.54, 1.807) is 0 Å². The Balaban J connectivity index is 1.83. The Morgan fingerprint density at radius 2 is 2.00 bits per heavy atom. The van der Waals surface area contributed by atoms with Crippen LogP contribution in [0, 0.1) is 0 Å². The van der Waals surface area contributed by atoms with E-state index in [-0.39, 0.29) is 0 Å². The molecule has 1 fully saturated rings. The second-order valence-corrected chi connectivity index (χ2v) is 5.84. The molecular formula is C18H30N4. The molecule has 0 bridgehead atoms. The third-order valence-electron chi connectivity index (χ3n) is 4.58. The van der Waals surface area contributed by atoms with Gasteiger partial charge in [0.2, 0.25) is 0 Å². The van der Waals surface area contributed by atoms with Crippen molar-refractivity contribution < 1.29 is 0 Å². The highest BCUT2D eigenvalue weighted by Gasteiger charge is 2.25. The number of hydrogen-bond donors (Lipinski definition) is 1. The van der Waals surface area contributed by atoms with Crippen LogP contribution in [0.4, 0.5) is 0 Å². The maximum Gasteiger partial charge on any atom is 0.193 e. The number of nitrogens with one attached hydrogen (secondary N) is 1. The summed E-state index contributed by atoms with van der Waals surface area (Å²) >= 11 is 0. The van der Waals surface area contributed by atoms with Crippen LogP contribution in [0.5, 0.6) is 0 Å². The average molecular weight is 302 g/mol. The second kappa shape index (κ2) is 8.79. The maximum absolute atomic E-state index is 4.46. The third-order valence-corrected chi connectivity index (χ3v) is 4.58. The van der Waals surface area contributed by atoms with Gasteiger partial charge in [-0.3, -0.25) is 4.99 Å². The molecule has 1 unspecified atom stereocenters. The molecule has 1 saturated heterocycles. The van der Waals surface area contributed by atoms with E-state index in [4.69, 9.17) is 0 Å². The maximum atomic E-state index is 4.46. The molecule has 0 aromatic heterocycles. The SMILES string of the molecule is CCN(CC)CCNC(=NC)N1CCC(c2ccccc2)C1. The molecule has 1 aliphatic heterocycles. The molecule has 22 heavy (non-hydrogen) atoms. The minimum atomic E-state index is 0.627.